The Balaban J connectivity index is 1.63. The molecule has 0 aliphatic heterocycles. The predicted octanol–water partition coefficient (Wildman–Crippen LogP) is 7.43. The number of aromatic nitrogens is 3. The van der Waals surface area contributed by atoms with E-state index in [0.717, 1.165) is 16.4 Å². The van der Waals surface area contributed by atoms with Crippen LogP contribution in [0.25, 0.3) is 56.1 Å². The summed E-state index contributed by atoms with van der Waals surface area (Å²) in [7, 11) is 0. The molecule has 0 aliphatic carbocycles. The molecule has 2 aromatic heterocycles. The molecule has 0 radical (unpaired) electrons. The van der Waals surface area contributed by atoms with Gasteiger partial charge in [-0.2, -0.15) is 0 Å². The zero-order chi connectivity index (χ0) is 25.8. The van der Waals surface area contributed by atoms with E-state index in [4.69, 9.17) is 22.9 Å². The van der Waals surface area contributed by atoms with Crippen molar-refractivity contribution in [3.05, 3.63) is 102 Å². The summed E-state index contributed by atoms with van der Waals surface area (Å²) in [6, 6.07) is 18.1. The van der Waals surface area contributed by atoms with Gasteiger partial charge in [0.1, 0.15) is 11.2 Å². The lowest BCUT2D eigenvalue weighted by atomic mass is 10.1. The molecular weight excluding hydrogens is 418 g/mol. The van der Waals surface area contributed by atoms with E-state index >= 15 is 0 Å². The third-order valence-corrected chi connectivity index (χ3v) is 5.44. The number of hydrogen-bond donors (Lipinski definition) is 0. The van der Waals surface area contributed by atoms with Crippen LogP contribution in [-0.2, 0) is 0 Å². The Morgan fingerprint density at radius 1 is 0.656 bits per heavy atom. The number of benzene rings is 4. The number of nitrogens with zero attached hydrogens (tertiary/aromatic N) is 3. The van der Waals surface area contributed by atoms with E-state index < -0.39 is 30.2 Å². The molecule has 0 spiro atoms. The average molecular weight is 439 g/mol. The van der Waals surface area contributed by atoms with Gasteiger partial charge in [0.2, 0.25) is 0 Å². The van der Waals surface area contributed by atoms with Crippen LogP contribution in [0.5, 0.6) is 0 Å². The fourth-order valence-corrected chi connectivity index (χ4v) is 3.83. The highest BCUT2D eigenvalue weighted by Gasteiger charge is 2.15. The summed E-state index contributed by atoms with van der Waals surface area (Å²) in [5.74, 6) is 0.401. The summed E-state index contributed by atoms with van der Waals surface area (Å²) in [5, 5.41) is 2.32. The second-order valence-corrected chi connectivity index (χ2v) is 7.50. The molecule has 6 aromatic rings. The molecule has 0 atom stereocenters. The largest absolute Gasteiger partial charge is 0.456 e. The Morgan fingerprint density at radius 2 is 1.34 bits per heavy atom. The fourth-order valence-electron chi connectivity index (χ4n) is 3.61. The van der Waals surface area contributed by atoms with E-state index in [2.05, 4.69) is 15.0 Å². The van der Waals surface area contributed by atoms with Crippen molar-refractivity contribution in [1.29, 1.82) is 0 Å². The van der Waals surface area contributed by atoms with E-state index in [-0.39, 0.29) is 23.0 Å². The predicted molar refractivity (Wildman–Crippen MR) is 128 cm³/mol. The lowest BCUT2D eigenvalue weighted by Crippen LogP contribution is -2.00. The van der Waals surface area contributed by atoms with Crippen molar-refractivity contribution in [2.45, 2.75) is 0 Å². The normalized spacial score (nSPS) is 13.5. The van der Waals surface area contributed by atoms with Crippen molar-refractivity contribution >= 4 is 33.5 Å². The lowest BCUT2D eigenvalue weighted by molar-refractivity contribution is 0.669. The van der Waals surface area contributed by atoms with Gasteiger partial charge in [-0.25, -0.2) is 15.0 Å². The van der Waals surface area contributed by atoms with Crippen LogP contribution < -0.4 is 0 Å². The van der Waals surface area contributed by atoms with Gasteiger partial charge in [0.15, 0.2) is 17.5 Å². The monoisotopic (exact) mass is 438 g/mol. The summed E-state index contributed by atoms with van der Waals surface area (Å²) in [6.45, 7) is 0. The summed E-state index contributed by atoms with van der Waals surface area (Å²) >= 11 is 6.44. The van der Waals surface area contributed by atoms with Crippen LogP contribution in [-0.4, -0.2) is 15.0 Å². The molecule has 152 valence electrons. The van der Waals surface area contributed by atoms with Gasteiger partial charge in [0.25, 0.3) is 0 Å². The Labute approximate surface area is 196 Å². The van der Waals surface area contributed by atoms with E-state index in [1.807, 2.05) is 42.5 Å². The van der Waals surface area contributed by atoms with Crippen molar-refractivity contribution in [1.82, 2.24) is 15.0 Å². The quantitative estimate of drug-likeness (QED) is 0.288. The van der Waals surface area contributed by atoms with Gasteiger partial charge in [-0.1, -0.05) is 78.2 Å². The molecule has 0 saturated carbocycles. The first-order valence-corrected chi connectivity index (χ1v) is 10.2. The first-order valence-electron chi connectivity index (χ1n) is 12.3. The van der Waals surface area contributed by atoms with Crippen molar-refractivity contribution < 1.29 is 11.3 Å². The van der Waals surface area contributed by atoms with Crippen LogP contribution >= 0.6 is 11.6 Å². The molecule has 5 heteroatoms. The standard InChI is InChI=1S/C27H16ClN3O/c28-22-12-6-4-11-21(22)27-30-25(17-8-2-1-3-9-17)29-26(31-27)18-14-15-20-19-10-5-7-13-23(19)32-24(20)16-18/h1-16H/i1D,2D,3D,8D,9D. The van der Waals surface area contributed by atoms with Crippen LogP contribution in [0.2, 0.25) is 5.02 Å². The number of rotatable bonds is 3. The maximum Gasteiger partial charge on any atom is 0.165 e. The molecule has 32 heavy (non-hydrogen) atoms. The smallest absolute Gasteiger partial charge is 0.165 e. The topological polar surface area (TPSA) is 51.8 Å². The molecule has 6 rings (SSSR count). The van der Waals surface area contributed by atoms with Crippen LogP contribution in [0, 0.1) is 0 Å². The Hall–Kier alpha value is -4.02. The SMILES string of the molecule is [2H]c1c([2H])c([2H])c(-c2nc(-c3ccc4c(c3)oc3ccccc34)nc(-c3ccccc3Cl)n2)c([2H])c1[2H]. The molecule has 4 aromatic carbocycles. The molecule has 0 bridgehead atoms. The molecule has 2 heterocycles. The lowest BCUT2D eigenvalue weighted by Gasteiger charge is -2.09. The van der Waals surface area contributed by atoms with E-state index in [1.54, 1.807) is 24.3 Å². The molecule has 0 amide bonds. The van der Waals surface area contributed by atoms with E-state index in [1.165, 1.54) is 0 Å². The number of furan rings is 1. The van der Waals surface area contributed by atoms with Gasteiger partial charge in [0.05, 0.1) is 11.9 Å². The van der Waals surface area contributed by atoms with Gasteiger partial charge in [-0.05, 0) is 30.3 Å². The summed E-state index contributed by atoms with van der Waals surface area (Å²) in [4.78, 5) is 13.7. The first-order chi connectivity index (χ1) is 17.8. The Kier molecular flexibility index (Phi) is 3.35. The highest BCUT2D eigenvalue weighted by atomic mass is 35.5. The van der Waals surface area contributed by atoms with Gasteiger partial charge in [-0.3, -0.25) is 0 Å². The minimum Gasteiger partial charge on any atom is -0.456 e. The average Bonchev–Trinajstić information content (AvgIpc) is 3.29. The molecule has 0 aliphatic rings. The molecule has 4 nitrogen and oxygen atoms in total. The second-order valence-electron chi connectivity index (χ2n) is 7.10. The third-order valence-electron chi connectivity index (χ3n) is 5.11. The van der Waals surface area contributed by atoms with Gasteiger partial charge < -0.3 is 4.42 Å². The highest BCUT2D eigenvalue weighted by molar-refractivity contribution is 6.33. The Morgan fingerprint density at radius 3 is 2.19 bits per heavy atom. The maximum atomic E-state index is 8.42. The highest BCUT2D eigenvalue weighted by Crippen LogP contribution is 2.33. The van der Waals surface area contributed by atoms with Crippen molar-refractivity contribution in [2.24, 2.45) is 0 Å². The zero-order valence-electron chi connectivity index (χ0n) is 21.5. The summed E-state index contributed by atoms with van der Waals surface area (Å²) < 4.78 is 47.0. The Bertz CT molecular complexity index is 1840. The summed E-state index contributed by atoms with van der Waals surface area (Å²) in [5.41, 5.74) is 2.40. The molecular formula is C27H16ClN3O. The van der Waals surface area contributed by atoms with Crippen molar-refractivity contribution in [3.63, 3.8) is 0 Å². The van der Waals surface area contributed by atoms with Crippen molar-refractivity contribution in [3.8, 4) is 34.2 Å². The minimum atomic E-state index is -0.491. The molecule has 0 N–H and O–H groups in total. The van der Waals surface area contributed by atoms with Gasteiger partial charge >= 0.3 is 0 Å². The van der Waals surface area contributed by atoms with Crippen LogP contribution in [0.4, 0.5) is 0 Å². The van der Waals surface area contributed by atoms with Crippen LogP contribution in [0.1, 0.15) is 6.85 Å². The third kappa shape index (κ3) is 3.22. The number of hydrogen-bond acceptors (Lipinski definition) is 4. The van der Waals surface area contributed by atoms with Gasteiger partial charge in [-0.15, -0.1) is 0 Å². The number of halogens is 1. The first kappa shape index (κ1) is 14.1. The fraction of sp³-hybridized carbons (Fsp3) is 0. The van der Waals surface area contributed by atoms with Crippen molar-refractivity contribution in [2.75, 3.05) is 0 Å². The number of fused-ring (bicyclic) bond motifs is 3. The minimum absolute atomic E-state index is 0.0541. The van der Waals surface area contributed by atoms with Crippen LogP contribution in [0.15, 0.2) is 101 Å². The zero-order valence-corrected chi connectivity index (χ0v) is 17.2. The van der Waals surface area contributed by atoms with Gasteiger partial charge in [0, 0.05) is 27.5 Å². The molecule has 0 unspecified atom stereocenters. The maximum absolute atomic E-state index is 8.42. The summed E-state index contributed by atoms with van der Waals surface area (Å²) in [6.07, 6.45) is 0. The van der Waals surface area contributed by atoms with E-state index in [0.29, 0.717) is 21.7 Å². The van der Waals surface area contributed by atoms with E-state index in [9.17, 15) is 0 Å². The second kappa shape index (κ2) is 7.59. The molecule has 0 saturated heterocycles. The number of para-hydroxylation sites is 1. The molecule has 0 fully saturated rings. The van der Waals surface area contributed by atoms with Crippen LogP contribution in [0.3, 0.4) is 0 Å².